The van der Waals surface area contributed by atoms with Gasteiger partial charge in [-0.15, -0.1) is 0 Å². The number of carboxylic acid groups (broad SMARTS) is 2. The predicted molar refractivity (Wildman–Crippen MR) is 78.0 cm³/mol. The molecule has 0 rings (SSSR count). The highest BCUT2D eigenvalue weighted by atomic mass is 16.4. The molecule has 0 aromatic carbocycles. The fourth-order valence-electron chi connectivity index (χ4n) is 2.72. The number of hydrogen-bond donors (Lipinski definition) is 4. The van der Waals surface area contributed by atoms with Crippen molar-refractivity contribution in [3.8, 4) is 0 Å². The van der Waals surface area contributed by atoms with Gasteiger partial charge in [0.05, 0.1) is 12.2 Å². The molecule has 0 aliphatic heterocycles. The molecule has 2 unspecified atom stereocenters. The number of carbonyl (C=O) groups is 2. The van der Waals surface area contributed by atoms with Gasteiger partial charge in [-0.1, -0.05) is 33.1 Å². The monoisotopic (exact) mass is 304 g/mol. The van der Waals surface area contributed by atoms with E-state index in [0.717, 1.165) is 0 Å². The number of carboxylic acids is 2. The second kappa shape index (κ2) is 9.73. The smallest absolute Gasteiger partial charge is 0.314 e. The zero-order valence-electron chi connectivity index (χ0n) is 12.9. The quantitative estimate of drug-likeness (QED) is 0.410. The van der Waals surface area contributed by atoms with Crippen LogP contribution >= 0.6 is 0 Å². The lowest BCUT2D eigenvalue weighted by Gasteiger charge is -2.37. The van der Waals surface area contributed by atoms with E-state index in [1.165, 1.54) is 0 Å². The third-order valence-electron chi connectivity index (χ3n) is 4.09. The molecule has 0 heterocycles. The van der Waals surface area contributed by atoms with Crippen molar-refractivity contribution in [3.63, 3.8) is 0 Å². The summed E-state index contributed by atoms with van der Waals surface area (Å²) in [7, 11) is 0. The zero-order chi connectivity index (χ0) is 16.5. The minimum Gasteiger partial charge on any atom is -0.481 e. The molecule has 0 spiro atoms. The Hall–Kier alpha value is -1.14. The number of aliphatic hydroxyl groups is 2. The van der Waals surface area contributed by atoms with Gasteiger partial charge in [-0.25, -0.2) is 0 Å². The van der Waals surface area contributed by atoms with Crippen molar-refractivity contribution in [3.05, 3.63) is 0 Å². The molecule has 0 fully saturated rings. The summed E-state index contributed by atoms with van der Waals surface area (Å²) in [5.74, 6) is -2.01. The van der Waals surface area contributed by atoms with Crippen molar-refractivity contribution in [1.29, 1.82) is 0 Å². The third kappa shape index (κ3) is 5.63. The highest BCUT2D eigenvalue weighted by molar-refractivity contribution is 5.76. The summed E-state index contributed by atoms with van der Waals surface area (Å²) in [4.78, 5) is 22.0. The summed E-state index contributed by atoms with van der Waals surface area (Å²) in [6, 6.07) is 0. The highest BCUT2D eigenvalue weighted by Crippen LogP contribution is 2.37. The Morgan fingerprint density at radius 2 is 1.38 bits per heavy atom. The first-order chi connectivity index (χ1) is 9.82. The summed E-state index contributed by atoms with van der Waals surface area (Å²) < 4.78 is 0. The van der Waals surface area contributed by atoms with Crippen LogP contribution in [0.5, 0.6) is 0 Å². The van der Waals surface area contributed by atoms with Crippen LogP contribution in [0.1, 0.15) is 65.2 Å². The van der Waals surface area contributed by atoms with Crippen LogP contribution in [0.2, 0.25) is 0 Å². The highest BCUT2D eigenvalue weighted by Gasteiger charge is 2.49. The first-order valence-corrected chi connectivity index (χ1v) is 7.64. The van der Waals surface area contributed by atoms with E-state index in [4.69, 9.17) is 5.11 Å². The Kier molecular flexibility index (Phi) is 9.21. The molecule has 6 nitrogen and oxygen atoms in total. The average molecular weight is 304 g/mol. The summed E-state index contributed by atoms with van der Waals surface area (Å²) in [5, 5.41) is 38.2. The maximum atomic E-state index is 11.6. The van der Waals surface area contributed by atoms with Crippen molar-refractivity contribution < 1.29 is 30.0 Å². The van der Waals surface area contributed by atoms with Crippen LogP contribution in [-0.4, -0.2) is 44.6 Å². The molecule has 0 radical (unpaired) electrons. The van der Waals surface area contributed by atoms with E-state index in [9.17, 15) is 24.9 Å². The summed E-state index contributed by atoms with van der Waals surface area (Å²) >= 11 is 0. The standard InChI is InChI=1S/C15H28O6/c1-3-11(16)15(14(20)21,12(17)4-2)10-8-6-5-7-9-13(18)19/h11-12,16-17H,3-10H2,1-2H3,(H,18,19)(H,20,21). The van der Waals surface area contributed by atoms with Gasteiger partial charge >= 0.3 is 11.9 Å². The van der Waals surface area contributed by atoms with Gasteiger partial charge < -0.3 is 20.4 Å². The van der Waals surface area contributed by atoms with Crippen LogP contribution in [0, 0.1) is 5.41 Å². The van der Waals surface area contributed by atoms with Crippen LogP contribution < -0.4 is 0 Å². The van der Waals surface area contributed by atoms with E-state index in [2.05, 4.69) is 0 Å². The van der Waals surface area contributed by atoms with Crippen molar-refractivity contribution in [2.24, 2.45) is 5.41 Å². The molecule has 0 saturated heterocycles. The van der Waals surface area contributed by atoms with Crippen molar-refractivity contribution in [2.75, 3.05) is 0 Å². The normalized spacial score (nSPS) is 17.0. The Labute approximate surface area is 125 Å². The number of hydrogen-bond acceptors (Lipinski definition) is 4. The molecule has 0 amide bonds. The van der Waals surface area contributed by atoms with Gasteiger partial charge in [-0.05, 0) is 25.7 Å². The molecule has 6 heteroatoms. The van der Waals surface area contributed by atoms with Gasteiger partial charge in [0.2, 0.25) is 0 Å². The predicted octanol–water partition coefficient (Wildman–Crippen LogP) is 2.02. The van der Waals surface area contributed by atoms with Gasteiger partial charge in [0, 0.05) is 6.42 Å². The maximum absolute atomic E-state index is 11.6. The fourth-order valence-corrected chi connectivity index (χ4v) is 2.72. The fraction of sp³-hybridized carbons (Fsp3) is 0.867. The van der Waals surface area contributed by atoms with Crippen LogP contribution in [0.4, 0.5) is 0 Å². The summed E-state index contributed by atoms with van der Waals surface area (Å²) in [6.07, 6.45) is 1.14. The van der Waals surface area contributed by atoms with E-state index >= 15 is 0 Å². The van der Waals surface area contributed by atoms with Crippen molar-refractivity contribution in [2.45, 2.75) is 77.4 Å². The lowest BCUT2D eigenvalue weighted by Crippen LogP contribution is -2.51. The molecular weight excluding hydrogens is 276 g/mol. The van der Waals surface area contributed by atoms with E-state index < -0.39 is 29.6 Å². The van der Waals surface area contributed by atoms with E-state index in [1.807, 2.05) is 0 Å². The number of rotatable bonds is 12. The molecule has 2 atom stereocenters. The molecule has 4 N–H and O–H groups in total. The molecular formula is C15H28O6. The largest absolute Gasteiger partial charge is 0.481 e. The van der Waals surface area contributed by atoms with E-state index in [-0.39, 0.29) is 25.7 Å². The van der Waals surface area contributed by atoms with Crippen molar-refractivity contribution in [1.82, 2.24) is 0 Å². The molecule has 0 saturated carbocycles. The van der Waals surface area contributed by atoms with Crippen molar-refractivity contribution >= 4 is 11.9 Å². The third-order valence-corrected chi connectivity index (χ3v) is 4.09. The van der Waals surface area contributed by atoms with Gasteiger partial charge in [-0.3, -0.25) is 9.59 Å². The minimum atomic E-state index is -1.53. The van der Waals surface area contributed by atoms with E-state index in [1.54, 1.807) is 13.8 Å². The zero-order valence-corrected chi connectivity index (χ0v) is 12.9. The molecule has 0 aliphatic rings. The summed E-state index contributed by atoms with van der Waals surface area (Å²) in [5.41, 5.74) is -1.53. The molecule has 0 aliphatic carbocycles. The minimum absolute atomic E-state index is 0.110. The molecule has 21 heavy (non-hydrogen) atoms. The van der Waals surface area contributed by atoms with Crippen LogP contribution in [0.15, 0.2) is 0 Å². The van der Waals surface area contributed by atoms with Gasteiger partial charge in [0.1, 0.15) is 5.41 Å². The second-order valence-electron chi connectivity index (χ2n) is 5.50. The molecule has 0 aromatic rings. The average Bonchev–Trinajstić information content (AvgIpc) is 2.44. The molecule has 124 valence electrons. The Balaban J connectivity index is 4.61. The topological polar surface area (TPSA) is 115 Å². The Morgan fingerprint density at radius 1 is 0.905 bits per heavy atom. The Morgan fingerprint density at radius 3 is 1.76 bits per heavy atom. The first kappa shape index (κ1) is 19.9. The van der Waals surface area contributed by atoms with Gasteiger partial charge in [0.15, 0.2) is 0 Å². The lowest BCUT2D eigenvalue weighted by molar-refractivity contribution is -0.171. The summed E-state index contributed by atoms with van der Waals surface area (Å²) in [6.45, 7) is 3.38. The maximum Gasteiger partial charge on any atom is 0.314 e. The van der Waals surface area contributed by atoms with E-state index in [0.29, 0.717) is 25.7 Å². The van der Waals surface area contributed by atoms with Gasteiger partial charge in [0.25, 0.3) is 0 Å². The molecule has 0 bridgehead atoms. The number of aliphatic carboxylic acids is 2. The Bertz CT molecular complexity index is 318. The van der Waals surface area contributed by atoms with Crippen LogP contribution in [-0.2, 0) is 9.59 Å². The number of aliphatic hydroxyl groups excluding tert-OH is 2. The van der Waals surface area contributed by atoms with Gasteiger partial charge in [-0.2, -0.15) is 0 Å². The van der Waals surface area contributed by atoms with Crippen LogP contribution in [0.3, 0.4) is 0 Å². The second-order valence-corrected chi connectivity index (χ2v) is 5.50. The van der Waals surface area contributed by atoms with Crippen LogP contribution in [0.25, 0.3) is 0 Å². The molecule has 0 aromatic heterocycles. The first-order valence-electron chi connectivity index (χ1n) is 7.64. The SMILES string of the molecule is CCC(O)C(CCCCCCC(=O)O)(C(=O)O)C(O)CC. The lowest BCUT2D eigenvalue weighted by atomic mass is 9.71. The number of unbranched alkanes of at least 4 members (excludes halogenated alkanes) is 3.